The Morgan fingerprint density at radius 2 is 2.36 bits per heavy atom. The van der Waals surface area contributed by atoms with Crippen molar-refractivity contribution in [1.29, 1.82) is 0 Å². The first kappa shape index (κ1) is 8.30. The van der Waals surface area contributed by atoms with E-state index in [1.165, 1.54) is 16.9 Å². The van der Waals surface area contributed by atoms with Crippen LogP contribution < -0.4 is 0 Å². The Kier molecular flexibility index (Phi) is 1.62. The average molecular weight is 201 g/mol. The molecular formula is C12H11NS. The number of hydrogen-bond donors (Lipinski definition) is 0. The second-order valence-corrected chi connectivity index (χ2v) is 5.02. The summed E-state index contributed by atoms with van der Waals surface area (Å²) < 4.78 is 0.0499. The van der Waals surface area contributed by atoms with E-state index >= 15 is 0 Å². The van der Waals surface area contributed by atoms with E-state index < -0.39 is 0 Å². The fourth-order valence-corrected chi connectivity index (χ4v) is 3.36. The molecular weight excluding hydrogens is 190 g/mol. The maximum absolute atomic E-state index is 4.48. The molecule has 0 bridgehead atoms. The summed E-state index contributed by atoms with van der Waals surface area (Å²) in [5, 5.41) is 0. The van der Waals surface area contributed by atoms with E-state index in [0.717, 1.165) is 5.75 Å². The predicted molar refractivity (Wildman–Crippen MR) is 62.7 cm³/mol. The summed E-state index contributed by atoms with van der Waals surface area (Å²) in [6.45, 7) is 2.12. The van der Waals surface area contributed by atoms with Crippen LogP contribution in [0.3, 0.4) is 0 Å². The van der Waals surface area contributed by atoms with E-state index in [9.17, 15) is 0 Å². The summed E-state index contributed by atoms with van der Waals surface area (Å²) in [6, 6.07) is 0. The van der Waals surface area contributed by atoms with Gasteiger partial charge in [-0.25, -0.2) is 0 Å². The molecule has 0 N–H and O–H groups in total. The van der Waals surface area contributed by atoms with Crippen molar-refractivity contribution in [3.8, 4) is 0 Å². The van der Waals surface area contributed by atoms with Gasteiger partial charge in [-0.05, 0) is 30.2 Å². The van der Waals surface area contributed by atoms with E-state index in [1.807, 2.05) is 18.0 Å². The van der Waals surface area contributed by atoms with E-state index in [1.54, 1.807) is 0 Å². The van der Waals surface area contributed by atoms with Crippen LogP contribution >= 0.6 is 11.8 Å². The molecule has 0 aromatic rings. The number of allylic oxidation sites excluding steroid dienone is 4. The van der Waals surface area contributed by atoms with Gasteiger partial charge in [0, 0.05) is 12.0 Å². The van der Waals surface area contributed by atoms with Gasteiger partial charge in [-0.1, -0.05) is 18.2 Å². The van der Waals surface area contributed by atoms with Crippen molar-refractivity contribution in [3.63, 3.8) is 0 Å². The number of thioether (sulfide) groups is 1. The van der Waals surface area contributed by atoms with Gasteiger partial charge in [0.1, 0.15) is 4.75 Å². The minimum Gasteiger partial charge on any atom is -0.259 e. The summed E-state index contributed by atoms with van der Waals surface area (Å²) in [6.07, 6.45) is 13.0. The van der Waals surface area contributed by atoms with Crippen molar-refractivity contribution in [2.45, 2.75) is 11.7 Å². The summed E-state index contributed by atoms with van der Waals surface area (Å²) in [4.78, 5) is 4.48. The van der Waals surface area contributed by atoms with Gasteiger partial charge in [-0.15, -0.1) is 11.8 Å². The minimum atomic E-state index is 0.0499. The highest BCUT2D eigenvalue weighted by Crippen LogP contribution is 2.45. The van der Waals surface area contributed by atoms with Crippen molar-refractivity contribution in [2.75, 3.05) is 5.75 Å². The Morgan fingerprint density at radius 1 is 1.43 bits per heavy atom. The molecule has 2 aliphatic heterocycles. The number of rotatable bonds is 0. The average Bonchev–Trinajstić information content (AvgIpc) is 2.59. The van der Waals surface area contributed by atoms with Crippen LogP contribution in [0.4, 0.5) is 0 Å². The second-order valence-electron chi connectivity index (χ2n) is 3.76. The Hall–Kier alpha value is -1.02. The molecule has 1 nitrogen and oxygen atoms in total. The highest BCUT2D eigenvalue weighted by Gasteiger charge is 2.41. The molecule has 70 valence electrons. The Morgan fingerprint density at radius 3 is 3.29 bits per heavy atom. The molecule has 0 saturated heterocycles. The quantitative estimate of drug-likeness (QED) is 0.587. The first-order chi connectivity index (χ1) is 6.81. The first-order valence-electron chi connectivity index (χ1n) is 4.78. The first-order valence-corrected chi connectivity index (χ1v) is 5.77. The van der Waals surface area contributed by atoms with Crippen LogP contribution in [0.25, 0.3) is 0 Å². The van der Waals surface area contributed by atoms with Gasteiger partial charge in [0.25, 0.3) is 0 Å². The summed E-state index contributed by atoms with van der Waals surface area (Å²) >= 11 is 1.95. The lowest BCUT2D eigenvalue weighted by Crippen LogP contribution is -2.34. The standard InChI is InChI=1S/C12H11NS/c1-9-2-5-12-10(4-7-14-12)3-6-13-11(12)8-9/h2-6,8H,7H2,1H3. The van der Waals surface area contributed by atoms with Crippen molar-refractivity contribution in [1.82, 2.24) is 0 Å². The molecule has 3 rings (SSSR count). The lowest BCUT2D eigenvalue weighted by Gasteiger charge is -2.31. The van der Waals surface area contributed by atoms with Crippen LogP contribution in [0.1, 0.15) is 6.92 Å². The van der Waals surface area contributed by atoms with Gasteiger partial charge in [0.2, 0.25) is 0 Å². The van der Waals surface area contributed by atoms with Gasteiger partial charge in [0.15, 0.2) is 0 Å². The molecule has 0 aromatic carbocycles. The zero-order chi connectivity index (χ0) is 9.60. The van der Waals surface area contributed by atoms with Crippen molar-refractivity contribution in [3.05, 3.63) is 47.7 Å². The molecule has 1 aliphatic carbocycles. The van der Waals surface area contributed by atoms with Gasteiger partial charge in [0.05, 0.1) is 5.71 Å². The highest BCUT2D eigenvalue weighted by atomic mass is 32.2. The minimum absolute atomic E-state index is 0.0499. The summed E-state index contributed by atoms with van der Waals surface area (Å²) in [5.74, 6) is 1.09. The maximum Gasteiger partial charge on any atom is 0.101 e. The molecule has 2 heterocycles. The van der Waals surface area contributed by atoms with Crippen LogP contribution in [0.15, 0.2) is 52.7 Å². The third-order valence-electron chi connectivity index (χ3n) is 2.84. The van der Waals surface area contributed by atoms with Gasteiger partial charge in [-0.3, -0.25) is 4.99 Å². The highest BCUT2D eigenvalue weighted by molar-refractivity contribution is 8.02. The van der Waals surface area contributed by atoms with Gasteiger partial charge >= 0.3 is 0 Å². The van der Waals surface area contributed by atoms with E-state index in [4.69, 9.17) is 0 Å². The number of aliphatic imine (C=N–C) groups is 1. The van der Waals surface area contributed by atoms with Crippen LogP contribution in [0.2, 0.25) is 0 Å². The van der Waals surface area contributed by atoms with Crippen LogP contribution in [-0.4, -0.2) is 16.2 Å². The molecule has 0 fully saturated rings. The Labute approximate surface area is 88.0 Å². The van der Waals surface area contributed by atoms with E-state index in [2.05, 4.69) is 42.3 Å². The third-order valence-corrected chi connectivity index (χ3v) is 4.21. The number of nitrogens with zero attached hydrogens (tertiary/aromatic N) is 1. The fraction of sp³-hybridized carbons (Fsp3) is 0.250. The molecule has 0 amide bonds. The van der Waals surface area contributed by atoms with Gasteiger partial charge < -0.3 is 0 Å². The smallest absolute Gasteiger partial charge is 0.101 e. The number of hydrogen-bond acceptors (Lipinski definition) is 2. The largest absolute Gasteiger partial charge is 0.259 e. The van der Waals surface area contributed by atoms with Gasteiger partial charge in [-0.2, -0.15) is 0 Å². The lowest BCUT2D eigenvalue weighted by atomic mass is 9.86. The Balaban J connectivity index is 2.20. The van der Waals surface area contributed by atoms with Crippen LogP contribution in [0, 0.1) is 0 Å². The molecule has 1 unspecified atom stereocenters. The molecule has 1 spiro atoms. The summed E-state index contributed by atoms with van der Waals surface area (Å²) in [7, 11) is 0. The normalized spacial score (nSPS) is 33.1. The van der Waals surface area contributed by atoms with E-state index in [-0.39, 0.29) is 4.75 Å². The van der Waals surface area contributed by atoms with Crippen molar-refractivity contribution >= 4 is 17.5 Å². The van der Waals surface area contributed by atoms with Crippen molar-refractivity contribution in [2.24, 2.45) is 4.99 Å². The molecule has 0 saturated carbocycles. The zero-order valence-electron chi connectivity index (χ0n) is 8.03. The molecule has 0 aromatic heterocycles. The topological polar surface area (TPSA) is 12.4 Å². The second kappa shape index (κ2) is 2.74. The van der Waals surface area contributed by atoms with Crippen LogP contribution in [-0.2, 0) is 0 Å². The van der Waals surface area contributed by atoms with Crippen LogP contribution in [0.5, 0.6) is 0 Å². The molecule has 2 heteroatoms. The Bertz CT molecular complexity index is 437. The predicted octanol–water partition coefficient (Wildman–Crippen LogP) is 2.88. The third kappa shape index (κ3) is 0.947. The monoisotopic (exact) mass is 201 g/mol. The molecule has 0 radical (unpaired) electrons. The SMILES string of the molecule is CC1=CC2=NC=CC3=CCSC32C=C1. The van der Waals surface area contributed by atoms with Crippen molar-refractivity contribution < 1.29 is 0 Å². The molecule has 14 heavy (non-hydrogen) atoms. The lowest BCUT2D eigenvalue weighted by molar-refractivity contribution is 1.10. The summed E-state index contributed by atoms with van der Waals surface area (Å²) in [5.41, 5.74) is 3.87. The zero-order valence-corrected chi connectivity index (χ0v) is 8.84. The maximum atomic E-state index is 4.48. The van der Waals surface area contributed by atoms with E-state index in [0.29, 0.717) is 0 Å². The molecule has 3 aliphatic rings. The fourth-order valence-electron chi connectivity index (χ4n) is 2.09. The molecule has 1 atom stereocenters.